The Hall–Kier alpha value is -4.58. The van der Waals surface area contributed by atoms with Crippen molar-refractivity contribution in [2.24, 2.45) is 0 Å². The molecule has 4 heterocycles. The molecule has 288 valence electrons. The summed E-state index contributed by atoms with van der Waals surface area (Å²) in [5, 5.41) is 49.0. The number of fused-ring (bicyclic) bond motifs is 2. The maximum absolute atomic E-state index is 13.4. The third-order valence-corrected chi connectivity index (χ3v) is 11.9. The number of nitrogens with one attached hydrogen (secondary N) is 2. The number of rotatable bonds is 14. The fourth-order valence-corrected chi connectivity index (χ4v) is 8.80. The van der Waals surface area contributed by atoms with Crippen molar-refractivity contribution in [3.05, 3.63) is 109 Å². The lowest BCUT2D eigenvalue weighted by Crippen LogP contribution is -2.42. The van der Waals surface area contributed by atoms with Gasteiger partial charge in [-0.25, -0.2) is 9.48 Å². The SMILES string of the molecule is CN(CCCn1nnc2cc(CNC[C@H](O)c3ccc(O)c4[nH]c(=O)ccc34)ccc21)[C@H]1CC[C@H](OC(=O)C(O)(c2cccs2)c2cccs2)CC1.F.F. The van der Waals surface area contributed by atoms with E-state index in [9.17, 15) is 24.9 Å². The Bertz CT molecular complexity index is 2150. The molecule has 0 aliphatic heterocycles. The van der Waals surface area contributed by atoms with Crippen molar-refractivity contribution >= 4 is 50.6 Å². The average molecular weight is 783 g/mol. The number of hydrogen-bond donors (Lipinski definition) is 5. The maximum Gasteiger partial charge on any atom is 0.349 e. The van der Waals surface area contributed by atoms with Gasteiger partial charge in [0.1, 0.15) is 17.4 Å². The molecule has 54 heavy (non-hydrogen) atoms. The van der Waals surface area contributed by atoms with E-state index in [1.165, 1.54) is 34.8 Å². The number of aromatic hydroxyl groups is 1. The Morgan fingerprint density at radius 2 is 1.78 bits per heavy atom. The molecule has 7 rings (SSSR count). The summed E-state index contributed by atoms with van der Waals surface area (Å²) < 4.78 is 7.87. The number of esters is 1. The zero-order chi connectivity index (χ0) is 36.2. The normalized spacial score (nSPS) is 16.6. The van der Waals surface area contributed by atoms with Crippen molar-refractivity contribution in [3.8, 4) is 5.75 Å². The van der Waals surface area contributed by atoms with E-state index in [4.69, 9.17) is 4.74 Å². The zero-order valence-corrected chi connectivity index (χ0v) is 31.2. The van der Waals surface area contributed by atoms with Gasteiger partial charge in [-0.15, -0.1) is 27.8 Å². The molecule has 4 aromatic heterocycles. The van der Waals surface area contributed by atoms with Crippen LogP contribution in [0, 0.1) is 0 Å². The van der Waals surface area contributed by atoms with Crippen molar-refractivity contribution in [2.45, 2.75) is 69.0 Å². The number of phenolic OH excluding ortho intramolecular Hbond substituents is 1. The van der Waals surface area contributed by atoms with Gasteiger partial charge in [0.05, 0.1) is 26.9 Å². The lowest BCUT2D eigenvalue weighted by atomic mass is 9.91. The number of nitrogens with zero attached hydrogens (tertiary/aromatic N) is 4. The first-order valence-corrected chi connectivity index (χ1v) is 19.2. The summed E-state index contributed by atoms with van der Waals surface area (Å²) in [6.07, 6.45) is 3.18. The number of phenols is 1. The molecule has 5 N–H and O–H groups in total. The smallest absolute Gasteiger partial charge is 0.349 e. The predicted molar refractivity (Wildman–Crippen MR) is 206 cm³/mol. The van der Waals surface area contributed by atoms with E-state index in [1.807, 2.05) is 45.8 Å². The summed E-state index contributed by atoms with van der Waals surface area (Å²) in [5.74, 6) is -0.642. The highest BCUT2D eigenvalue weighted by molar-refractivity contribution is 7.12. The van der Waals surface area contributed by atoms with Crippen LogP contribution >= 0.6 is 22.7 Å². The number of pyridine rings is 1. The standard InChI is InChI=1S/C38H42N6O6S2.2FH/c1-43(25-8-10-26(11-9-25)50-37(48)38(49,33-5-2-19-51-33)34-6-3-20-52-34)17-4-18-44-30-14-7-24(21-29(30)41-42-44)22-39-23-32(46)27-12-15-31(45)36-28(27)13-16-35(47)40-36;;/h2-3,5-7,12-16,19-21,25-26,32,39,45-46,49H,4,8-11,17-18,22-23H2,1H3,(H,40,47);2*1H/t25-,26-,32-;;/m0../s1. The second-order valence-electron chi connectivity index (χ2n) is 13.4. The maximum atomic E-state index is 13.4. The van der Waals surface area contributed by atoms with Crippen LogP contribution in [-0.4, -0.2) is 78.4 Å². The molecule has 1 aliphatic rings. The zero-order valence-electron chi connectivity index (χ0n) is 29.6. The van der Waals surface area contributed by atoms with Crippen LogP contribution < -0.4 is 10.9 Å². The number of thiophene rings is 2. The first-order chi connectivity index (χ1) is 25.2. The molecular weight excluding hydrogens is 739 g/mol. The van der Waals surface area contributed by atoms with Crippen LogP contribution in [0.5, 0.6) is 5.75 Å². The summed E-state index contributed by atoms with van der Waals surface area (Å²) in [4.78, 5) is 31.2. The molecule has 1 aliphatic carbocycles. The Labute approximate surface area is 317 Å². The van der Waals surface area contributed by atoms with Gasteiger partial charge in [0.15, 0.2) is 0 Å². The molecule has 0 spiro atoms. The van der Waals surface area contributed by atoms with Crippen molar-refractivity contribution in [1.29, 1.82) is 0 Å². The number of carbonyl (C=O) groups excluding carboxylic acids is 1. The van der Waals surface area contributed by atoms with Crippen LogP contribution in [0.3, 0.4) is 0 Å². The predicted octanol–water partition coefficient (Wildman–Crippen LogP) is 5.34. The fraction of sp³-hybridized carbons (Fsp3) is 0.368. The van der Waals surface area contributed by atoms with Crippen LogP contribution in [0.25, 0.3) is 21.9 Å². The Balaban J connectivity index is 0.00000280. The van der Waals surface area contributed by atoms with Crippen LogP contribution in [0.2, 0.25) is 0 Å². The number of aromatic nitrogens is 4. The van der Waals surface area contributed by atoms with Crippen molar-refractivity contribution < 1.29 is 34.3 Å². The Kier molecular flexibility index (Phi) is 13.3. The second kappa shape index (κ2) is 17.7. The van der Waals surface area contributed by atoms with Crippen molar-refractivity contribution in [1.82, 2.24) is 30.2 Å². The van der Waals surface area contributed by atoms with Gasteiger partial charge in [-0.05, 0) is 104 Å². The molecule has 1 atom stereocenters. The number of benzene rings is 2. The van der Waals surface area contributed by atoms with E-state index in [2.05, 4.69) is 32.6 Å². The van der Waals surface area contributed by atoms with E-state index in [0.717, 1.165) is 61.8 Å². The number of aliphatic hydroxyl groups is 2. The van der Waals surface area contributed by atoms with Gasteiger partial charge in [-0.2, -0.15) is 0 Å². The topological polar surface area (TPSA) is 166 Å². The monoisotopic (exact) mass is 782 g/mol. The lowest BCUT2D eigenvalue weighted by molar-refractivity contribution is -0.169. The molecule has 6 aromatic rings. The minimum atomic E-state index is -1.78. The first kappa shape index (κ1) is 40.6. The summed E-state index contributed by atoms with van der Waals surface area (Å²) in [6.45, 7) is 2.42. The molecule has 1 saturated carbocycles. The van der Waals surface area contributed by atoms with Gasteiger partial charge >= 0.3 is 5.97 Å². The van der Waals surface area contributed by atoms with Gasteiger partial charge in [0.2, 0.25) is 11.2 Å². The summed E-state index contributed by atoms with van der Waals surface area (Å²) in [5.41, 5.74) is 1.60. The summed E-state index contributed by atoms with van der Waals surface area (Å²) >= 11 is 2.70. The molecular formula is C38H44F2N6O6S2. The van der Waals surface area contributed by atoms with E-state index < -0.39 is 17.7 Å². The first-order valence-electron chi connectivity index (χ1n) is 17.5. The number of hydrogen-bond acceptors (Lipinski definition) is 12. The highest BCUT2D eigenvalue weighted by atomic mass is 32.1. The number of aromatic amines is 1. The van der Waals surface area contributed by atoms with Crippen LogP contribution in [-0.2, 0) is 28.2 Å². The average Bonchev–Trinajstić information content (AvgIpc) is 3.96. The van der Waals surface area contributed by atoms with Crippen LogP contribution in [0.4, 0.5) is 9.41 Å². The lowest BCUT2D eigenvalue weighted by Gasteiger charge is -2.35. The second-order valence-corrected chi connectivity index (χ2v) is 15.3. The summed E-state index contributed by atoms with van der Waals surface area (Å²) in [6, 6.07) is 19.8. The van der Waals surface area contributed by atoms with E-state index in [1.54, 1.807) is 24.3 Å². The van der Waals surface area contributed by atoms with E-state index in [0.29, 0.717) is 38.8 Å². The third kappa shape index (κ3) is 8.53. The quantitative estimate of drug-likeness (QED) is 0.0911. The number of carbonyl (C=O) groups is 1. The number of H-pyrrole nitrogens is 1. The van der Waals surface area contributed by atoms with Crippen molar-refractivity contribution in [2.75, 3.05) is 20.1 Å². The Morgan fingerprint density at radius 1 is 1.06 bits per heavy atom. The van der Waals surface area contributed by atoms with Crippen LogP contribution in [0.15, 0.2) is 82.3 Å². The van der Waals surface area contributed by atoms with Gasteiger partial charge < -0.3 is 35.3 Å². The van der Waals surface area contributed by atoms with E-state index >= 15 is 0 Å². The largest absolute Gasteiger partial charge is 0.506 e. The molecule has 12 nitrogen and oxygen atoms in total. The highest BCUT2D eigenvalue weighted by Gasteiger charge is 2.45. The molecule has 16 heteroatoms. The molecule has 0 saturated heterocycles. The Morgan fingerprint density at radius 3 is 2.46 bits per heavy atom. The van der Waals surface area contributed by atoms with Gasteiger partial charge in [-0.3, -0.25) is 14.2 Å². The third-order valence-electron chi connectivity index (χ3n) is 9.98. The highest BCUT2D eigenvalue weighted by Crippen LogP contribution is 2.38. The van der Waals surface area contributed by atoms with Crippen molar-refractivity contribution in [3.63, 3.8) is 0 Å². The number of halogens is 2. The molecule has 1 fully saturated rings. The van der Waals surface area contributed by atoms with Gasteiger partial charge in [-0.1, -0.05) is 29.5 Å². The number of aliphatic hydroxyl groups excluding tert-OH is 1. The molecule has 0 unspecified atom stereocenters. The fourth-order valence-electron chi connectivity index (χ4n) is 7.09. The molecule has 2 aromatic carbocycles. The minimum absolute atomic E-state index is 0. The van der Waals surface area contributed by atoms with E-state index in [-0.39, 0.29) is 33.4 Å². The number of aryl methyl sites for hydroxylation is 1. The van der Waals surface area contributed by atoms with Crippen LogP contribution in [0.1, 0.15) is 59.1 Å². The molecule has 0 radical (unpaired) electrons. The molecule has 0 bridgehead atoms. The minimum Gasteiger partial charge on any atom is -0.506 e. The molecule has 0 amide bonds. The number of ether oxygens (including phenoxy) is 1. The summed E-state index contributed by atoms with van der Waals surface area (Å²) in [7, 11) is 2.14. The van der Waals surface area contributed by atoms with Gasteiger partial charge in [0, 0.05) is 37.1 Å². The van der Waals surface area contributed by atoms with Gasteiger partial charge in [0.25, 0.3) is 0 Å².